The van der Waals surface area contributed by atoms with Crippen molar-refractivity contribution in [1.82, 2.24) is 4.90 Å². The van der Waals surface area contributed by atoms with Crippen LogP contribution in [0.15, 0.2) is 47.1 Å². The molecule has 2 atom stereocenters. The Morgan fingerprint density at radius 1 is 1.17 bits per heavy atom. The number of benzene rings is 1. The molecular weight excluding hydrogens is 380 g/mol. The fourth-order valence-corrected chi connectivity index (χ4v) is 5.45. The van der Waals surface area contributed by atoms with E-state index in [4.69, 9.17) is 9.15 Å². The molecule has 2 fully saturated rings. The number of nitrogens with one attached hydrogen (secondary N) is 1. The Bertz CT molecular complexity index is 921. The van der Waals surface area contributed by atoms with Gasteiger partial charge >= 0.3 is 5.97 Å². The summed E-state index contributed by atoms with van der Waals surface area (Å²) in [5.41, 5.74) is 1.46. The number of rotatable bonds is 6. The standard InChI is InChI=1S/C24H30N2O4/c1-23(2)11-17-12-24(3,15-23)16-26(17)21(27)14-30-22(28)19-8-4-5-9-20(19)25-13-18-7-6-10-29-18/h4-10,17,25H,11-16H2,1-3H3/t17-,24-/m0/s1. The van der Waals surface area contributed by atoms with Crippen LogP contribution in [-0.4, -0.2) is 36.0 Å². The number of hydrogen-bond acceptors (Lipinski definition) is 5. The van der Waals surface area contributed by atoms with Crippen molar-refractivity contribution in [2.45, 2.75) is 52.6 Å². The van der Waals surface area contributed by atoms with Gasteiger partial charge in [-0.1, -0.05) is 32.9 Å². The van der Waals surface area contributed by atoms with E-state index in [1.807, 2.05) is 29.2 Å². The lowest BCUT2D eigenvalue weighted by Gasteiger charge is -2.39. The van der Waals surface area contributed by atoms with Gasteiger partial charge in [-0.2, -0.15) is 0 Å². The number of amides is 1. The Labute approximate surface area is 177 Å². The maximum atomic E-state index is 12.9. The first-order valence-corrected chi connectivity index (χ1v) is 10.6. The zero-order valence-electron chi connectivity index (χ0n) is 17.9. The molecule has 2 aliphatic rings. The number of carbonyl (C=O) groups excluding carboxylic acids is 2. The number of nitrogens with zero attached hydrogens (tertiary/aromatic N) is 1. The molecule has 6 nitrogen and oxygen atoms in total. The largest absolute Gasteiger partial charge is 0.467 e. The molecule has 0 radical (unpaired) electrons. The normalized spacial score (nSPS) is 24.5. The number of fused-ring (bicyclic) bond motifs is 2. The number of para-hydroxylation sites is 1. The van der Waals surface area contributed by atoms with E-state index >= 15 is 0 Å². The molecular formula is C24H30N2O4. The van der Waals surface area contributed by atoms with Gasteiger partial charge in [0.1, 0.15) is 5.76 Å². The first-order valence-electron chi connectivity index (χ1n) is 10.6. The molecule has 2 aromatic rings. The molecule has 6 heteroatoms. The van der Waals surface area contributed by atoms with Gasteiger partial charge in [-0.15, -0.1) is 0 Å². The third-order valence-corrected chi connectivity index (χ3v) is 6.24. The molecule has 1 saturated heterocycles. The van der Waals surface area contributed by atoms with Crippen molar-refractivity contribution in [3.8, 4) is 0 Å². The highest BCUT2D eigenvalue weighted by Crippen LogP contribution is 2.52. The molecule has 1 aromatic carbocycles. The van der Waals surface area contributed by atoms with Crippen LogP contribution in [0, 0.1) is 10.8 Å². The molecule has 1 amide bonds. The molecule has 1 aliphatic carbocycles. The van der Waals surface area contributed by atoms with Crippen LogP contribution in [0.1, 0.15) is 56.2 Å². The number of anilines is 1. The van der Waals surface area contributed by atoms with Crippen LogP contribution in [0.25, 0.3) is 0 Å². The highest BCUT2D eigenvalue weighted by atomic mass is 16.5. The Hall–Kier alpha value is -2.76. The number of ether oxygens (including phenoxy) is 1. The minimum atomic E-state index is -0.500. The van der Waals surface area contributed by atoms with Gasteiger partial charge in [-0.05, 0) is 54.4 Å². The predicted molar refractivity (Wildman–Crippen MR) is 114 cm³/mol. The monoisotopic (exact) mass is 410 g/mol. The lowest BCUT2D eigenvalue weighted by atomic mass is 9.65. The summed E-state index contributed by atoms with van der Waals surface area (Å²) in [7, 11) is 0. The molecule has 160 valence electrons. The van der Waals surface area contributed by atoms with E-state index < -0.39 is 5.97 Å². The Morgan fingerprint density at radius 2 is 1.97 bits per heavy atom. The van der Waals surface area contributed by atoms with Gasteiger partial charge in [-0.25, -0.2) is 4.79 Å². The van der Waals surface area contributed by atoms with Crippen LogP contribution in [0.4, 0.5) is 5.69 Å². The van der Waals surface area contributed by atoms with Crippen molar-refractivity contribution in [1.29, 1.82) is 0 Å². The smallest absolute Gasteiger partial charge is 0.340 e. The fourth-order valence-electron chi connectivity index (χ4n) is 5.45. The van der Waals surface area contributed by atoms with Crippen LogP contribution in [-0.2, 0) is 16.1 Å². The van der Waals surface area contributed by atoms with Crippen molar-refractivity contribution in [3.63, 3.8) is 0 Å². The summed E-state index contributed by atoms with van der Waals surface area (Å²) < 4.78 is 10.7. The molecule has 0 spiro atoms. The number of furan rings is 1. The average Bonchev–Trinajstić information content (AvgIpc) is 3.29. The highest BCUT2D eigenvalue weighted by molar-refractivity contribution is 5.96. The minimum Gasteiger partial charge on any atom is -0.467 e. The number of likely N-dealkylation sites (tertiary alicyclic amines) is 1. The number of esters is 1. The highest BCUT2D eigenvalue weighted by Gasteiger charge is 2.50. The SMILES string of the molecule is CC1(C)C[C@H]2C[C@](C)(CN2C(=O)COC(=O)c2ccccc2NCc2ccco2)C1. The van der Waals surface area contributed by atoms with Crippen molar-refractivity contribution >= 4 is 17.6 Å². The van der Waals surface area contributed by atoms with Crippen LogP contribution < -0.4 is 5.32 Å². The molecule has 2 heterocycles. The van der Waals surface area contributed by atoms with Gasteiger partial charge in [0.2, 0.25) is 0 Å². The van der Waals surface area contributed by atoms with Crippen molar-refractivity contribution in [2.24, 2.45) is 10.8 Å². The second-order valence-electron chi connectivity index (χ2n) is 9.79. The lowest BCUT2D eigenvalue weighted by molar-refractivity contribution is -0.135. The molecule has 4 rings (SSSR count). The van der Waals surface area contributed by atoms with Gasteiger partial charge < -0.3 is 19.4 Å². The van der Waals surface area contributed by atoms with Crippen LogP contribution >= 0.6 is 0 Å². The van der Waals surface area contributed by atoms with Crippen molar-refractivity contribution in [3.05, 3.63) is 54.0 Å². The first kappa shape index (κ1) is 20.5. The van der Waals surface area contributed by atoms with Gasteiger partial charge in [0.25, 0.3) is 5.91 Å². The zero-order chi connectivity index (χ0) is 21.4. The number of carbonyl (C=O) groups is 2. The summed E-state index contributed by atoms with van der Waals surface area (Å²) in [6.45, 7) is 7.80. The summed E-state index contributed by atoms with van der Waals surface area (Å²) >= 11 is 0. The minimum absolute atomic E-state index is 0.101. The quantitative estimate of drug-likeness (QED) is 0.711. The topological polar surface area (TPSA) is 71.8 Å². The maximum Gasteiger partial charge on any atom is 0.340 e. The Kier molecular flexibility index (Phi) is 5.35. The average molecular weight is 411 g/mol. The summed E-state index contributed by atoms with van der Waals surface area (Å²) in [5, 5.41) is 3.19. The molecule has 0 unspecified atom stereocenters. The maximum absolute atomic E-state index is 12.9. The molecule has 1 saturated carbocycles. The van der Waals surface area contributed by atoms with Crippen molar-refractivity contribution in [2.75, 3.05) is 18.5 Å². The van der Waals surface area contributed by atoms with E-state index in [2.05, 4.69) is 26.1 Å². The molecule has 1 aromatic heterocycles. The number of hydrogen-bond donors (Lipinski definition) is 1. The van der Waals surface area contributed by atoms with Gasteiger partial charge in [-0.3, -0.25) is 4.79 Å². The van der Waals surface area contributed by atoms with E-state index in [9.17, 15) is 9.59 Å². The summed E-state index contributed by atoms with van der Waals surface area (Å²) in [6, 6.07) is 11.1. The van der Waals surface area contributed by atoms with Crippen LogP contribution in [0.5, 0.6) is 0 Å². The third-order valence-electron chi connectivity index (χ3n) is 6.24. The Balaban J connectivity index is 1.37. The van der Waals surface area contributed by atoms with Crippen LogP contribution in [0.2, 0.25) is 0 Å². The molecule has 1 N–H and O–H groups in total. The zero-order valence-corrected chi connectivity index (χ0v) is 17.9. The van der Waals surface area contributed by atoms with Crippen LogP contribution in [0.3, 0.4) is 0 Å². The van der Waals surface area contributed by atoms with Crippen molar-refractivity contribution < 1.29 is 18.7 Å². The second kappa shape index (κ2) is 7.82. The lowest BCUT2D eigenvalue weighted by Crippen LogP contribution is -2.39. The summed E-state index contributed by atoms with van der Waals surface area (Å²) in [5.74, 6) is 0.167. The van der Waals surface area contributed by atoms with Gasteiger partial charge in [0.15, 0.2) is 6.61 Å². The van der Waals surface area contributed by atoms with Gasteiger partial charge in [0, 0.05) is 18.3 Å². The third kappa shape index (κ3) is 4.37. The fraction of sp³-hybridized carbons (Fsp3) is 0.500. The molecule has 1 aliphatic heterocycles. The summed E-state index contributed by atoms with van der Waals surface area (Å²) in [6.07, 6.45) is 4.77. The van der Waals surface area contributed by atoms with E-state index in [1.165, 1.54) is 0 Å². The Morgan fingerprint density at radius 3 is 2.73 bits per heavy atom. The van der Waals surface area contributed by atoms with Gasteiger partial charge in [0.05, 0.1) is 18.4 Å². The van der Waals surface area contributed by atoms with E-state index in [-0.39, 0.29) is 29.4 Å². The van der Waals surface area contributed by atoms with E-state index in [0.717, 1.165) is 31.6 Å². The van der Waals surface area contributed by atoms with E-state index in [0.29, 0.717) is 17.8 Å². The second-order valence-corrected chi connectivity index (χ2v) is 9.79. The summed E-state index contributed by atoms with van der Waals surface area (Å²) in [4.78, 5) is 27.5. The predicted octanol–water partition coefficient (Wildman–Crippen LogP) is 4.48. The van der Waals surface area contributed by atoms with E-state index in [1.54, 1.807) is 18.4 Å². The molecule has 30 heavy (non-hydrogen) atoms. The molecule has 2 bridgehead atoms. The first-order chi connectivity index (χ1) is 14.2.